The number of halogens is 1. The highest BCUT2D eigenvalue weighted by Gasteiger charge is 2.26. The predicted molar refractivity (Wildman–Crippen MR) is 66.2 cm³/mol. The van der Waals surface area contributed by atoms with Crippen LogP contribution in [0.2, 0.25) is 0 Å². The van der Waals surface area contributed by atoms with E-state index in [4.69, 9.17) is 0 Å². The Morgan fingerprint density at radius 1 is 1.41 bits per heavy atom. The number of hydrogen-bond donors (Lipinski definition) is 0. The maximum Gasteiger partial charge on any atom is 0.416 e. The van der Waals surface area contributed by atoms with Crippen molar-refractivity contribution in [3.05, 3.63) is 40.4 Å². The van der Waals surface area contributed by atoms with E-state index in [-0.39, 0.29) is 12.5 Å². The van der Waals surface area contributed by atoms with Crippen LogP contribution in [0.3, 0.4) is 0 Å². The van der Waals surface area contributed by atoms with Crippen LogP contribution in [-0.4, -0.2) is 30.1 Å². The first-order chi connectivity index (χ1) is 8.18. The molecule has 0 spiro atoms. The molecule has 1 aromatic carbocycles. The maximum atomic E-state index is 11.7. The van der Waals surface area contributed by atoms with Crippen LogP contribution in [0.1, 0.15) is 5.56 Å². The second kappa shape index (κ2) is 5.14. The Morgan fingerprint density at radius 3 is 2.82 bits per heavy atom. The van der Waals surface area contributed by atoms with Crippen molar-refractivity contribution in [2.24, 2.45) is 0 Å². The van der Waals surface area contributed by atoms with Gasteiger partial charge in [-0.2, -0.15) is 0 Å². The van der Waals surface area contributed by atoms with E-state index in [9.17, 15) is 9.59 Å². The molecule has 0 radical (unpaired) electrons. The third-order valence-electron chi connectivity index (χ3n) is 2.34. The quantitative estimate of drug-likeness (QED) is 0.788. The van der Waals surface area contributed by atoms with Gasteiger partial charge < -0.3 is 4.74 Å². The van der Waals surface area contributed by atoms with Gasteiger partial charge in [-0.1, -0.05) is 34.1 Å². The molecule has 4 nitrogen and oxygen atoms in total. The Balaban J connectivity index is 2.08. The van der Waals surface area contributed by atoms with E-state index < -0.39 is 6.09 Å². The van der Waals surface area contributed by atoms with Crippen molar-refractivity contribution in [1.29, 1.82) is 0 Å². The van der Waals surface area contributed by atoms with Gasteiger partial charge in [0.15, 0.2) is 0 Å². The first-order valence-corrected chi connectivity index (χ1v) is 5.88. The van der Waals surface area contributed by atoms with Crippen molar-refractivity contribution in [2.45, 2.75) is 0 Å². The molecule has 0 N–H and O–H groups in total. The average molecular weight is 296 g/mol. The first-order valence-electron chi connectivity index (χ1n) is 5.09. The fraction of sp³-hybridized carbons (Fsp3) is 0.167. The number of benzene rings is 1. The lowest BCUT2D eigenvalue weighted by molar-refractivity contribution is -0.122. The summed E-state index contributed by atoms with van der Waals surface area (Å²) in [5, 5.41) is 0. The van der Waals surface area contributed by atoms with Crippen molar-refractivity contribution in [2.75, 3.05) is 13.2 Å². The molecule has 1 saturated heterocycles. The first kappa shape index (κ1) is 11.9. The van der Waals surface area contributed by atoms with Gasteiger partial charge >= 0.3 is 6.09 Å². The fourth-order valence-corrected chi connectivity index (χ4v) is 1.87. The Morgan fingerprint density at radius 2 is 2.18 bits per heavy atom. The van der Waals surface area contributed by atoms with E-state index in [1.807, 2.05) is 24.3 Å². The fourth-order valence-electron chi connectivity index (χ4n) is 1.45. The standard InChI is InChI=1S/C12H10BrNO3/c13-10-4-2-1-3-9(10)5-6-11(15)14-7-8-17-12(14)16/h1-6H,7-8H2/b6-5+. The number of cyclic esters (lactones) is 1. The number of ether oxygens (including phenoxy) is 1. The van der Waals surface area contributed by atoms with Crippen LogP contribution < -0.4 is 0 Å². The number of carbonyl (C=O) groups is 2. The molecule has 0 atom stereocenters. The minimum atomic E-state index is -0.577. The van der Waals surface area contributed by atoms with E-state index in [0.717, 1.165) is 14.9 Å². The van der Waals surface area contributed by atoms with Gasteiger partial charge in [-0.3, -0.25) is 4.79 Å². The molecular weight excluding hydrogens is 286 g/mol. The summed E-state index contributed by atoms with van der Waals surface area (Å²) in [4.78, 5) is 23.9. The Bertz CT molecular complexity index is 484. The Hall–Kier alpha value is -1.62. The van der Waals surface area contributed by atoms with Crippen LogP contribution in [0.5, 0.6) is 0 Å². The van der Waals surface area contributed by atoms with Gasteiger partial charge in [0.1, 0.15) is 6.61 Å². The van der Waals surface area contributed by atoms with Crippen LogP contribution in [0, 0.1) is 0 Å². The van der Waals surface area contributed by atoms with E-state index in [2.05, 4.69) is 20.7 Å². The van der Waals surface area contributed by atoms with Gasteiger partial charge in [-0.05, 0) is 17.7 Å². The predicted octanol–water partition coefficient (Wildman–Crippen LogP) is 2.44. The van der Waals surface area contributed by atoms with E-state index in [1.165, 1.54) is 6.08 Å². The monoisotopic (exact) mass is 295 g/mol. The van der Waals surface area contributed by atoms with Crippen LogP contribution in [0.4, 0.5) is 4.79 Å². The molecule has 1 aromatic rings. The summed E-state index contributed by atoms with van der Waals surface area (Å²) in [5.41, 5.74) is 0.883. The summed E-state index contributed by atoms with van der Waals surface area (Å²) in [6.07, 6.45) is 2.46. The van der Waals surface area contributed by atoms with Gasteiger partial charge in [-0.15, -0.1) is 0 Å². The molecule has 17 heavy (non-hydrogen) atoms. The summed E-state index contributed by atoms with van der Waals surface area (Å²) < 4.78 is 5.58. The summed E-state index contributed by atoms with van der Waals surface area (Å²) >= 11 is 3.37. The second-order valence-electron chi connectivity index (χ2n) is 3.46. The second-order valence-corrected chi connectivity index (χ2v) is 4.31. The highest BCUT2D eigenvalue weighted by atomic mass is 79.9. The molecule has 0 aromatic heterocycles. The third-order valence-corrected chi connectivity index (χ3v) is 3.06. The van der Waals surface area contributed by atoms with Crippen molar-refractivity contribution in [3.63, 3.8) is 0 Å². The van der Waals surface area contributed by atoms with Gasteiger partial charge in [-0.25, -0.2) is 9.69 Å². The Kier molecular flexibility index (Phi) is 3.58. The molecule has 1 aliphatic rings. The number of imide groups is 1. The topological polar surface area (TPSA) is 46.6 Å². The molecule has 1 heterocycles. The smallest absolute Gasteiger partial charge is 0.416 e. The van der Waals surface area contributed by atoms with Crippen molar-refractivity contribution in [1.82, 2.24) is 4.90 Å². The van der Waals surface area contributed by atoms with Gasteiger partial charge in [0.2, 0.25) is 0 Å². The number of amides is 2. The molecule has 0 unspecified atom stereocenters. The summed E-state index contributed by atoms with van der Waals surface area (Å²) in [5.74, 6) is -0.358. The lowest BCUT2D eigenvalue weighted by Crippen LogP contribution is -2.29. The minimum absolute atomic E-state index is 0.271. The van der Waals surface area contributed by atoms with E-state index in [0.29, 0.717) is 6.54 Å². The molecule has 88 valence electrons. The number of nitrogens with zero attached hydrogens (tertiary/aromatic N) is 1. The molecule has 1 fully saturated rings. The maximum absolute atomic E-state index is 11.7. The summed E-state index contributed by atoms with van der Waals surface area (Å²) in [6.45, 7) is 0.589. The lowest BCUT2D eigenvalue weighted by Gasteiger charge is -2.06. The lowest BCUT2D eigenvalue weighted by atomic mass is 10.2. The molecule has 0 saturated carbocycles. The molecule has 2 amide bonds. The van der Waals surface area contributed by atoms with Gasteiger partial charge in [0, 0.05) is 10.5 Å². The minimum Gasteiger partial charge on any atom is -0.447 e. The zero-order valence-electron chi connectivity index (χ0n) is 8.93. The SMILES string of the molecule is O=C(/C=C/c1ccccc1Br)N1CCOC1=O. The molecular formula is C12H10BrNO3. The molecule has 2 rings (SSSR count). The van der Waals surface area contributed by atoms with Crippen molar-refractivity contribution < 1.29 is 14.3 Å². The normalized spacial score (nSPS) is 15.4. The third kappa shape index (κ3) is 2.74. The number of hydrogen-bond acceptors (Lipinski definition) is 3. The van der Waals surface area contributed by atoms with Gasteiger partial charge in [0.05, 0.1) is 6.54 Å². The van der Waals surface area contributed by atoms with Crippen LogP contribution >= 0.6 is 15.9 Å². The molecule has 1 aliphatic heterocycles. The zero-order valence-corrected chi connectivity index (χ0v) is 10.5. The number of rotatable bonds is 2. The van der Waals surface area contributed by atoms with Crippen molar-refractivity contribution >= 4 is 34.0 Å². The van der Waals surface area contributed by atoms with Crippen molar-refractivity contribution in [3.8, 4) is 0 Å². The Labute approximate surface area is 107 Å². The number of carbonyl (C=O) groups excluding carboxylic acids is 2. The highest BCUT2D eigenvalue weighted by Crippen LogP contribution is 2.17. The average Bonchev–Trinajstić information content (AvgIpc) is 2.74. The largest absolute Gasteiger partial charge is 0.447 e. The van der Waals surface area contributed by atoms with Crippen LogP contribution in [0.15, 0.2) is 34.8 Å². The van der Waals surface area contributed by atoms with E-state index >= 15 is 0 Å². The highest BCUT2D eigenvalue weighted by molar-refractivity contribution is 9.10. The van der Waals surface area contributed by atoms with Crippen LogP contribution in [-0.2, 0) is 9.53 Å². The summed E-state index contributed by atoms with van der Waals surface area (Å²) in [6, 6.07) is 7.52. The zero-order chi connectivity index (χ0) is 12.3. The summed E-state index contributed by atoms with van der Waals surface area (Å²) in [7, 11) is 0. The van der Waals surface area contributed by atoms with Gasteiger partial charge in [0.25, 0.3) is 5.91 Å². The molecule has 0 bridgehead atoms. The van der Waals surface area contributed by atoms with Crippen LogP contribution in [0.25, 0.3) is 6.08 Å². The molecule has 0 aliphatic carbocycles. The molecule has 5 heteroatoms. The van der Waals surface area contributed by atoms with E-state index in [1.54, 1.807) is 6.08 Å².